The minimum absolute atomic E-state index is 0.0158. The Morgan fingerprint density at radius 1 is 1.35 bits per heavy atom. The summed E-state index contributed by atoms with van der Waals surface area (Å²) in [5.41, 5.74) is 0.380. The van der Waals surface area contributed by atoms with Crippen LogP contribution >= 0.6 is 11.6 Å². The van der Waals surface area contributed by atoms with Crippen molar-refractivity contribution in [2.75, 3.05) is 13.1 Å². The Labute approximate surface area is 142 Å². The highest BCUT2D eigenvalue weighted by Gasteiger charge is 2.26. The summed E-state index contributed by atoms with van der Waals surface area (Å²) < 4.78 is 0. The molecule has 3 N–H and O–H groups in total. The van der Waals surface area contributed by atoms with Gasteiger partial charge in [0.05, 0.1) is 10.6 Å². The number of carbonyl (C=O) groups is 2. The van der Waals surface area contributed by atoms with Gasteiger partial charge < -0.3 is 16.0 Å². The fourth-order valence-corrected chi connectivity index (χ4v) is 2.89. The van der Waals surface area contributed by atoms with Crippen molar-refractivity contribution in [3.05, 3.63) is 34.9 Å². The number of hydrogen-bond donors (Lipinski definition) is 3. The molecule has 1 aliphatic heterocycles. The second kappa shape index (κ2) is 8.31. The summed E-state index contributed by atoms with van der Waals surface area (Å²) in [6, 6.07) is 6.56. The van der Waals surface area contributed by atoms with Gasteiger partial charge >= 0.3 is 0 Å². The largest absolute Gasteiger partial charge is 0.353 e. The molecule has 23 heavy (non-hydrogen) atoms. The average molecular weight is 338 g/mol. The Morgan fingerprint density at radius 2 is 2.09 bits per heavy atom. The predicted molar refractivity (Wildman–Crippen MR) is 91.6 cm³/mol. The minimum Gasteiger partial charge on any atom is -0.353 e. The van der Waals surface area contributed by atoms with Crippen LogP contribution in [0, 0.1) is 5.92 Å². The SMILES string of the molecule is CC(C)C(NC(=O)c1ccccc1Cl)C(=O)NCC1CCCN1. The number of rotatable bonds is 6. The molecule has 6 heteroatoms. The molecule has 1 fully saturated rings. The molecular weight excluding hydrogens is 314 g/mol. The van der Waals surface area contributed by atoms with E-state index in [0.717, 1.165) is 19.4 Å². The van der Waals surface area contributed by atoms with Gasteiger partial charge in [-0.2, -0.15) is 0 Å². The molecule has 1 aromatic carbocycles. The summed E-state index contributed by atoms with van der Waals surface area (Å²) in [5.74, 6) is -0.504. The molecule has 1 aromatic rings. The van der Waals surface area contributed by atoms with Gasteiger partial charge in [-0.15, -0.1) is 0 Å². The summed E-state index contributed by atoms with van der Waals surface area (Å²) in [4.78, 5) is 24.8. The number of amides is 2. The second-order valence-electron chi connectivity index (χ2n) is 6.21. The molecular formula is C17H24ClN3O2. The van der Waals surface area contributed by atoms with Gasteiger partial charge in [-0.3, -0.25) is 9.59 Å². The van der Waals surface area contributed by atoms with Crippen molar-refractivity contribution in [3.63, 3.8) is 0 Å². The van der Waals surface area contributed by atoms with E-state index in [1.165, 1.54) is 0 Å². The molecule has 2 unspecified atom stereocenters. The average Bonchev–Trinajstić information content (AvgIpc) is 3.03. The van der Waals surface area contributed by atoms with Crippen molar-refractivity contribution in [2.45, 2.75) is 38.8 Å². The number of nitrogens with one attached hydrogen (secondary N) is 3. The smallest absolute Gasteiger partial charge is 0.253 e. The van der Waals surface area contributed by atoms with Crippen molar-refractivity contribution in [2.24, 2.45) is 5.92 Å². The van der Waals surface area contributed by atoms with Crippen LogP contribution in [0.1, 0.15) is 37.0 Å². The fourth-order valence-electron chi connectivity index (χ4n) is 2.66. The number of hydrogen-bond acceptors (Lipinski definition) is 3. The Balaban J connectivity index is 1.96. The van der Waals surface area contributed by atoms with Gasteiger partial charge in [-0.1, -0.05) is 37.6 Å². The van der Waals surface area contributed by atoms with Crippen LogP contribution in [0.3, 0.4) is 0 Å². The highest BCUT2D eigenvalue weighted by atomic mass is 35.5. The fraction of sp³-hybridized carbons (Fsp3) is 0.529. The van der Waals surface area contributed by atoms with Crippen molar-refractivity contribution >= 4 is 23.4 Å². The Kier molecular flexibility index (Phi) is 6.42. The van der Waals surface area contributed by atoms with Crippen molar-refractivity contribution < 1.29 is 9.59 Å². The summed E-state index contributed by atoms with van der Waals surface area (Å²) in [6.07, 6.45) is 2.20. The zero-order valence-corrected chi connectivity index (χ0v) is 14.3. The van der Waals surface area contributed by atoms with E-state index in [1.807, 2.05) is 13.8 Å². The molecule has 0 bridgehead atoms. The molecule has 0 radical (unpaired) electrons. The van der Waals surface area contributed by atoms with Crippen LogP contribution in [0.5, 0.6) is 0 Å². The molecule has 126 valence electrons. The van der Waals surface area contributed by atoms with Crippen LogP contribution < -0.4 is 16.0 Å². The third-order valence-corrected chi connectivity index (χ3v) is 4.37. The van der Waals surface area contributed by atoms with Crippen LogP contribution in [0.25, 0.3) is 0 Å². The molecule has 0 aliphatic carbocycles. The summed E-state index contributed by atoms with van der Waals surface area (Å²) in [5, 5.41) is 9.43. The first-order chi connectivity index (χ1) is 11.0. The Hall–Kier alpha value is -1.59. The van der Waals surface area contributed by atoms with Crippen molar-refractivity contribution in [1.82, 2.24) is 16.0 Å². The lowest BCUT2D eigenvalue weighted by Crippen LogP contribution is -2.51. The third kappa shape index (κ3) is 4.94. The third-order valence-electron chi connectivity index (χ3n) is 4.04. The summed E-state index contributed by atoms with van der Waals surface area (Å²) >= 11 is 6.04. The molecule has 2 rings (SSSR count). The molecule has 1 aliphatic rings. The highest BCUT2D eigenvalue weighted by Crippen LogP contribution is 2.15. The Bertz CT molecular complexity index is 557. The van der Waals surface area contributed by atoms with Gasteiger partial charge in [-0.05, 0) is 37.4 Å². The molecule has 0 spiro atoms. The quantitative estimate of drug-likeness (QED) is 0.743. The van der Waals surface area contributed by atoms with E-state index in [4.69, 9.17) is 11.6 Å². The van der Waals surface area contributed by atoms with E-state index in [2.05, 4.69) is 16.0 Å². The molecule has 5 nitrogen and oxygen atoms in total. The van der Waals surface area contributed by atoms with Crippen molar-refractivity contribution in [1.29, 1.82) is 0 Å². The lowest BCUT2D eigenvalue weighted by molar-refractivity contribution is -0.124. The lowest BCUT2D eigenvalue weighted by Gasteiger charge is -2.23. The maximum atomic E-state index is 12.4. The van der Waals surface area contributed by atoms with Gasteiger partial charge in [0.1, 0.15) is 6.04 Å². The van der Waals surface area contributed by atoms with E-state index in [-0.39, 0.29) is 17.7 Å². The number of benzene rings is 1. The number of halogens is 1. The van der Waals surface area contributed by atoms with E-state index in [0.29, 0.717) is 23.2 Å². The first-order valence-electron chi connectivity index (χ1n) is 8.05. The van der Waals surface area contributed by atoms with Gasteiger partial charge in [0.2, 0.25) is 5.91 Å². The van der Waals surface area contributed by atoms with Crippen LogP contribution in [-0.4, -0.2) is 37.0 Å². The molecule has 0 saturated carbocycles. The van der Waals surface area contributed by atoms with E-state index < -0.39 is 6.04 Å². The maximum Gasteiger partial charge on any atom is 0.253 e. The standard InChI is InChI=1S/C17H24ClN3O2/c1-11(2)15(17(23)20-10-12-6-5-9-19-12)21-16(22)13-7-3-4-8-14(13)18/h3-4,7-8,11-12,15,19H,5-6,9-10H2,1-2H3,(H,20,23)(H,21,22). The first kappa shape index (κ1) is 17.8. The molecule has 0 aromatic heterocycles. The van der Waals surface area contributed by atoms with Crippen LogP contribution in [-0.2, 0) is 4.79 Å². The van der Waals surface area contributed by atoms with Gasteiger partial charge in [-0.25, -0.2) is 0 Å². The highest BCUT2D eigenvalue weighted by molar-refractivity contribution is 6.33. The van der Waals surface area contributed by atoms with Crippen LogP contribution in [0.4, 0.5) is 0 Å². The monoisotopic (exact) mass is 337 g/mol. The van der Waals surface area contributed by atoms with E-state index in [9.17, 15) is 9.59 Å². The normalized spacial score (nSPS) is 18.7. The predicted octanol–water partition coefficient (Wildman–Crippen LogP) is 1.96. The van der Waals surface area contributed by atoms with Crippen LogP contribution in [0.2, 0.25) is 5.02 Å². The molecule has 2 atom stereocenters. The first-order valence-corrected chi connectivity index (χ1v) is 8.43. The molecule has 2 amide bonds. The summed E-state index contributed by atoms with van der Waals surface area (Å²) in [7, 11) is 0. The lowest BCUT2D eigenvalue weighted by atomic mass is 10.0. The maximum absolute atomic E-state index is 12.4. The van der Waals surface area contributed by atoms with Gasteiger partial charge in [0.15, 0.2) is 0 Å². The topological polar surface area (TPSA) is 70.2 Å². The van der Waals surface area contributed by atoms with Gasteiger partial charge in [0, 0.05) is 12.6 Å². The minimum atomic E-state index is -0.583. The van der Waals surface area contributed by atoms with Crippen LogP contribution in [0.15, 0.2) is 24.3 Å². The second-order valence-corrected chi connectivity index (χ2v) is 6.62. The molecule has 1 heterocycles. The zero-order chi connectivity index (χ0) is 16.8. The Morgan fingerprint density at radius 3 is 2.70 bits per heavy atom. The number of carbonyl (C=O) groups excluding carboxylic acids is 2. The molecule has 1 saturated heterocycles. The summed E-state index contributed by atoms with van der Waals surface area (Å²) in [6.45, 7) is 5.40. The van der Waals surface area contributed by atoms with E-state index >= 15 is 0 Å². The zero-order valence-electron chi connectivity index (χ0n) is 13.6. The van der Waals surface area contributed by atoms with Gasteiger partial charge in [0.25, 0.3) is 5.91 Å². The van der Waals surface area contributed by atoms with E-state index in [1.54, 1.807) is 24.3 Å². The van der Waals surface area contributed by atoms with Crippen molar-refractivity contribution in [3.8, 4) is 0 Å².